The molecule has 1 aliphatic rings. The number of methoxy groups -OCH3 is 2. The first kappa shape index (κ1) is 19.4. The number of nitrogens with zero attached hydrogens (tertiary/aromatic N) is 2. The number of piperidine rings is 1. The van der Waals surface area contributed by atoms with Crippen molar-refractivity contribution in [3.05, 3.63) is 48.3 Å². The van der Waals surface area contributed by atoms with Crippen molar-refractivity contribution < 1.29 is 14.3 Å². The quantitative estimate of drug-likeness (QED) is 0.688. The zero-order chi connectivity index (χ0) is 19.1. The first-order chi connectivity index (χ1) is 13.2. The predicted octanol–water partition coefficient (Wildman–Crippen LogP) is 4.18. The van der Waals surface area contributed by atoms with Crippen LogP contribution in [-0.4, -0.2) is 49.2 Å². The van der Waals surface area contributed by atoms with Crippen LogP contribution in [0.25, 0.3) is 11.1 Å². The Morgan fingerprint density at radius 3 is 2.70 bits per heavy atom. The monoisotopic (exact) mass is 368 g/mol. The highest BCUT2D eigenvalue weighted by Gasteiger charge is 2.27. The van der Waals surface area contributed by atoms with Crippen LogP contribution in [0.1, 0.15) is 42.5 Å². The second-order valence-electron chi connectivity index (χ2n) is 6.97. The maximum absolute atomic E-state index is 13.1. The zero-order valence-electron chi connectivity index (χ0n) is 16.2. The fourth-order valence-electron chi connectivity index (χ4n) is 3.69. The molecule has 0 unspecified atom stereocenters. The highest BCUT2D eigenvalue weighted by atomic mass is 16.5. The number of benzene rings is 1. The molecule has 0 aliphatic carbocycles. The average Bonchev–Trinajstić information content (AvgIpc) is 2.74. The average molecular weight is 368 g/mol. The Morgan fingerprint density at radius 2 is 1.96 bits per heavy atom. The topological polar surface area (TPSA) is 51.7 Å². The van der Waals surface area contributed by atoms with E-state index in [0.29, 0.717) is 6.04 Å². The third-order valence-electron chi connectivity index (χ3n) is 5.19. The molecule has 0 N–H and O–H groups in total. The van der Waals surface area contributed by atoms with Gasteiger partial charge in [-0.25, -0.2) is 0 Å². The number of ether oxygens (including phenoxy) is 2. The molecule has 1 aliphatic heterocycles. The number of amides is 1. The molecule has 1 atom stereocenters. The van der Waals surface area contributed by atoms with Gasteiger partial charge in [-0.1, -0.05) is 12.1 Å². The van der Waals surface area contributed by atoms with Gasteiger partial charge in [-0.2, -0.15) is 0 Å². The lowest BCUT2D eigenvalue weighted by atomic mass is 9.96. The summed E-state index contributed by atoms with van der Waals surface area (Å²) >= 11 is 0. The van der Waals surface area contributed by atoms with Gasteiger partial charge in [-0.05, 0) is 55.9 Å². The number of pyridine rings is 1. The molecule has 144 valence electrons. The molecule has 1 saturated heterocycles. The van der Waals surface area contributed by atoms with Gasteiger partial charge >= 0.3 is 0 Å². The van der Waals surface area contributed by atoms with E-state index >= 15 is 0 Å². The Morgan fingerprint density at radius 1 is 1.15 bits per heavy atom. The smallest absolute Gasteiger partial charge is 0.254 e. The van der Waals surface area contributed by atoms with Gasteiger partial charge in [0.15, 0.2) is 0 Å². The van der Waals surface area contributed by atoms with E-state index in [2.05, 4.69) is 9.88 Å². The Kier molecular flexibility index (Phi) is 6.82. The normalized spacial score (nSPS) is 17.0. The largest absolute Gasteiger partial charge is 0.495 e. The summed E-state index contributed by atoms with van der Waals surface area (Å²) in [5.74, 6) is 0.854. The van der Waals surface area contributed by atoms with Crippen LogP contribution in [0.15, 0.2) is 42.7 Å². The highest BCUT2D eigenvalue weighted by Crippen LogP contribution is 2.26. The maximum atomic E-state index is 13.1. The van der Waals surface area contributed by atoms with Gasteiger partial charge in [-0.3, -0.25) is 9.78 Å². The van der Waals surface area contributed by atoms with Crippen LogP contribution in [0.4, 0.5) is 0 Å². The van der Waals surface area contributed by atoms with E-state index < -0.39 is 0 Å². The Hall–Kier alpha value is -2.40. The summed E-state index contributed by atoms with van der Waals surface area (Å²) in [6, 6.07) is 10.1. The fraction of sp³-hybridized carbons (Fsp3) is 0.455. The lowest BCUT2D eigenvalue weighted by molar-refractivity contribution is 0.0585. The van der Waals surface area contributed by atoms with Crippen LogP contribution in [0, 0.1) is 0 Å². The molecular weight excluding hydrogens is 340 g/mol. The summed E-state index contributed by atoms with van der Waals surface area (Å²) in [7, 11) is 3.35. The van der Waals surface area contributed by atoms with Crippen molar-refractivity contribution in [2.24, 2.45) is 0 Å². The van der Waals surface area contributed by atoms with Gasteiger partial charge in [0, 0.05) is 43.6 Å². The Labute approximate surface area is 161 Å². The minimum atomic E-state index is 0.132. The molecule has 1 fully saturated rings. The van der Waals surface area contributed by atoms with Gasteiger partial charge in [0.25, 0.3) is 5.91 Å². The van der Waals surface area contributed by atoms with E-state index in [1.807, 2.05) is 30.3 Å². The molecule has 5 nitrogen and oxygen atoms in total. The second kappa shape index (κ2) is 9.51. The van der Waals surface area contributed by atoms with E-state index in [9.17, 15) is 4.79 Å². The van der Waals surface area contributed by atoms with Crippen molar-refractivity contribution in [3.63, 3.8) is 0 Å². The van der Waals surface area contributed by atoms with Crippen LogP contribution >= 0.6 is 0 Å². The van der Waals surface area contributed by atoms with E-state index in [1.54, 1.807) is 26.6 Å². The van der Waals surface area contributed by atoms with Crippen LogP contribution in [0.3, 0.4) is 0 Å². The number of hydrogen-bond donors (Lipinski definition) is 0. The van der Waals surface area contributed by atoms with Crippen molar-refractivity contribution in [2.45, 2.75) is 38.1 Å². The van der Waals surface area contributed by atoms with Crippen molar-refractivity contribution >= 4 is 5.91 Å². The lowest BCUT2D eigenvalue weighted by Gasteiger charge is -2.36. The molecule has 3 rings (SSSR count). The summed E-state index contributed by atoms with van der Waals surface area (Å²) in [6.45, 7) is 1.60. The van der Waals surface area contributed by atoms with E-state index in [-0.39, 0.29) is 5.91 Å². The third kappa shape index (κ3) is 4.86. The molecule has 1 amide bonds. The first-order valence-electron chi connectivity index (χ1n) is 9.62. The molecular formula is C22H28N2O3. The molecule has 2 aromatic rings. The standard InChI is InChI=1S/C22H28N2O3/c1-26-13-5-7-20-6-3-4-12-24(20)22(25)18-10-8-17(9-11-18)19-14-21(27-2)16-23-15-19/h8-11,14-16,20H,3-7,12-13H2,1-2H3/t20-/m1/s1. The molecule has 0 saturated carbocycles. The van der Waals surface area contributed by atoms with Crippen molar-refractivity contribution in [1.82, 2.24) is 9.88 Å². The van der Waals surface area contributed by atoms with Crippen molar-refractivity contribution in [2.75, 3.05) is 27.4 Å². The van der Waals surface area contributed by atoms with Gasteiger partial charge in [0.05, 0.1) is 13.3 Å². The molecule has 0 bridgehead atoms. The maximum Gasteiger partial charge on any atom is 0.254 e. The lowest BCUT2D eigenvalue weighted by Crippen LogP contribution is -2.43. The number of hydrogen-bond acceptors (Lipinski definition) is 4. The van der Waals surface area contributed by atoms with Crippen molar-refractivity contribution in [1.29, 1.82) is 0 Å². The van der Waals surface area contributed by atoms with Gasteiger partial charge < -0.3 is 14.4 Å². The summed E-state index contributed by atoms with van der Waals surface area (Å²) in [5, 5.41) is 0. The molecule has 1 aromatic carbocycles. The minimum Gasteiger partial charge on any atom is -0.495 e. The van der Waals surface area contributed by atoms with E-state index in [0.717, 1.165) is 61.3 Å². The van der Waals surface area contributed by atoms with Gasteiger partial charge in [0.1, 0.15) is 5.75 Å². The van der Waals surface area contributed by atoms with Crippen LogP contribution in [-0.2, 0) is 4.74 Å². The SMILES string of the molecule is COCCC[C@H]1CCCCN1C(=O)c1ccc(-c2cncc(OC)c2)cc1. The summed E-state index contributed by atoms with van der Waals surface area (Å²) < 4.78 is 10.4. The molecule has 0 radical (unpaired) electrons. The van der Waals surface area contributed by atoms with Gasteiger partial charge in [-0.15, -0.1) is 0 Å². The third-order valence-corrected chi connectivity index (χ3v) is 5.19. The molecule has 1 aromatic heterocycles. The van der Waals surface area contributed by atoms with Crippen LogP contribution in [0.2, 0.25) is 0 Å². The van der Waals surface area contributed by atoms with Crippen LogP contribution < -0.4 is 4.74 Å². The van der Waals surface area contributed by atoms with E-state index in [1.165, 1.54) is 6.42 Å². The molecule has 0 spiro atoms. The Balaban J connectivity index is 1.72. The Bertz CT molecular complexity index is 745. The summed E-state index contributed by atoms with van der Waals surface area (Å²) in [4.78, 5) is 19.3. The molecule has 5 heteroatoms. The number of rotatable bonds is 7. The van der Waals surface area contributed by atoms with Gasteiger partial charge in [0.2, 0.25) is 0 Å². The van der Waals surface area contributed by atoms with E-state index in [4.69, 9.17) is 9.47 Å². The zero-order valence-corrected chi connectivity index (χ0v) is 16.2. The first-order valence-corrected chi connectivity index (χ1v) is 9.62. The summed E-state index contributed by atoms with van der Waals surface area (Å²) in [6.07, 6.45) is 8.85. The molecule has 27 heavy (non-hydrogen) atoms. The molecule has 2 heterocycles. The summed E-state index contributed by atoms with van der Waals surface area (Å²) in [5.41, 5.74) is 2.74. The number of carbonyl (C=O) groups is 1. The second-order valence-corrected chi connectivity index (χ2v) is 6.97. The number of carbonyl (C=O) groups excluding carboxylic acids is 1. The van der Waals surface area contributed by atoms with Crippen LogP contribution in [0.5, 0.6) is 5.75 Å². The fourth-order valence-corrected chi connectivity index (χ4v) is 3.69. The number of likely N-dealkylation sites (tertiary alicyclic amines) is 1. The highest BCUT2D eigenvalue weighted by molar-refractivity contribution is 5.95. The predicted molar refractivity (Wildman–Crippen MR) is 106 cm³/mol. The number of aromatic nitrogens is 1. The minimum absolute atomic E-state index is 0.132. The van der Waals surface area contributed by atoms with Crippen molar-refractivity contribution in [3.8, 4) is 16.9 Å².